The number of hydrogen-bond acceptors (Lipinski definition) is 6. The van der Waals surface area contributed by atoms with Gasteiger partial charge in [0.25, 0.3) is 5.88 Å². The fourth-order valence-electron chi connectivity index (χ4n) is 2.83. The van der Waals surface area contributed by atoms with E-state index in [1.165, 1.54) is 4.68 Å². The van der Waals surface area contributed by atoms with Crippen LogP contribution in [0.1, 0.15) is 57.6 Å². The molecule has 0 aliphatic heterocycles. The molecule has 1 amide bonds. The van der Waals surface area contributed by atoms with E-state index >= 15 is 0 Å². The minimum Gasteiger partial charge on any atom is -0.471 e. The Morgan fingerprint density at radius 3 is 2.41 bits per heavy atom. The molecule has 32 heavy (non-hydrogen) atoms. The second-order valence-electron chi connectivity index (χ2n) is 8.64. The number of benzene rings is 1. The average Bonchev–Trinajstić information content (AvgIpc) is 3.00. The number of halogens is 1. The summed E-state index contributed by atoms with van der Waals surface area (Å²) in [5.74, 6) is -0.466. The van der Waals surface area contributed by atoms with Crippen molar-refractivity contribution >= 4 is 23.7 Å². The van der Waals surface area contributed by atoms with Crippen LogP contribution in [0, 0.1) is 5.92 Å². The lowest BCUT2D eigenvalue weighted by molar-refractivity contribution is 0.0480. The molecule has 1 N–H and O–H groups in total. The number of carbonyl (C=O) groups is 2. The second kappa shape index (κ2) is 11.2. The molecule has 8 nitrogen and oxygen atoms in total. The lowest BCUT2D eigenvalue weighted by Gasteiger charge is -2.26. The van der Waals surface area contributed by atoms with Gasteiger partial charge in [0.15, 0.2) is 5.69 Å². The largest absolute Gasteiger partial charge is 0.471 e. The Bertz CT molecular complexity index is 906. The summed E-state index contributed by atoms with van der Waals surface area (Å²) in [6.07, 6.45) is -0.548. The van der Waals surface area contributed by atoms with E-state index in [0.29, 0.717) is 0 Å². The highest BCUT2D eigenvalue weighted by molar-refractivity contribution is 6.34. The predicted molar refractivity (Wildman–Crippen MR) is 122 cm³/mol. The first kappa shape index (κ1) is 25.5. The van der Waals surface area contributed by atoms with E-state index in [0.717, 1.165) is 5.56 Å². The number of nitrogens with zero attached hydrogens (tertiary/aromatic N) is 2. The zero-order valence-corrected chi connectivity index (χ0v) is 20.2. The first-order valence-electron chi connectivity index (χ1n) is 10.6. The molecular weight excluding hydrogens is 434 g/mol. The number of aromatic nitrogens is 2. The van der Waals surface area contributed by atoms with E-state index in [9.17, 15) is 9.59 Å². The van der Waals surface area contributed by atoms with Crippen molar-refractivity contribution < 1.29 is 23.8 Å². The van der Waals surface area contributed by atoms with E-state index in [1.807, 2.05) is 44.2 Å². The lowest BCUT2D eigenvalue weighted by Crippen LogP contribution is -2.44. The quantitative estimate of drug-likeness (QED) is 0.532. The van der Waals surface area contributed by atoms with Crippen molar-refractivity contribution in [3.05, 3.63) is 46.6 Å². The fraction of sp³-hybridized carbons (Fsp3) is 0.522. The molecule has 9 heteroatoms. The fourth-order valence-corrected chi connectivity index (χ4v) is 3.10. The molecule has 0 spiro atoms. The maximum Gasteiger partial charge on any atom is 0.407 e. The van der Waals surface area contributed by atoms with Crippen molar-refractivity contribution in [3.63, 3.8) is 0 Å². The van der Waals surface area contributed by atoms with Gasteiger partial charge in [0.1, 0.15) is 17.2 Å². The van der Waals surface area contributed by atoms with E-state index in [-0.39, 0.29) is 48.3 Å². The maximum atomic E-state index is 12.6. The van der Waals surface area contributed by atoms with Crippen LogP contribution in [0.2, 0.25) is 5.02 Å². The summed E-state index contributed by atoms with van der Waals surface area (Å²) in [4.78, 5) is 24.9. The molecule has 1 aromatic heterocycles. The topological polar surface area (TPSA) is 91.7 Å². The summed E-state index contributed by atoms with van der Waals surface area (Å²) in [5, 5.41) is 7.32. The van der Waals surface area contributed by atoms with Gasteiger partial charge in [-0.1, -0.05) is 55.8 Å². The number of nitrogens with one attached hydrogen (secondary N) is 1. The Morgan fingerprint density at radius 1 is 1.19 bits per heavy atom. The minimum absolute atomic E-state index is 0.0224. The zero-order valence-electron chi connectivity index (χ0n) is 19.5. The van der Waals surface area contributed by atoms with Crippen LogP contribution in [-0.4, -0.2) is 40.1 Å². The second-order valence-corrected chi connectivity index (χ2v) is 9.02. The third-order valence-corrected chi connectivity index (χ3v) is 4.77. The molecule has 0 aliphatic carbocycles. The van der Waals surface area contributed by atoms with Gasteiger partial charge in [-0.15, -0.1) is 5.10 Å². The SMILES string of the molecule is CCOC(=O)c1c(Cl)c(OCc2ccccc2)nn1C[C@H](NC(=O)OC(C)(C)C)C(C)C. The molecule has 0 saturated carbocycles. The third-order valence-electron chi connectivity index (χ3n) is 4.43. The minimum atomic E-state index is -0.630. The lowest BCUT2D eigenvalue weighted by atomic mass is 10.0. The van der Waals surface area contributed by atoms with Crippen molar-refractivity contribution in [1.29, 1.82) is 0 Å². The molecule has 1 atom stereocenters. The zero-order chi connectivity index (χ0) is 23.9. The highest BCUT2D eigenvalue weighted by Gasteiger charge is 2.28. The van der Waals surface area contributed by atoms with Gasteiger partial charge >= 0.3 is 12.1 Å². The average molecular weight is 466 g/mol. The van der Waals surface area contributed by atoms with E-state index in [2.05, 4.69) is 10.4 Å². The van der Waals surface area contributed by atoms with Gasteiger partial charge < -0.3 is 19.5 Å². The van der Waals surface area contributed by atoms with E-state index in [1.54, 1.807) is 27.7 Å². The molecule has 0 unspecified atom stereocenters. The molecule has 0 radical (unpaired) electrons. The van der Waals surface area contributed by atoms with Crippen LogP contribution in [-0.2, 0) is 22.6 Å². The third kappa shape index (κ3) is 7.44. The summed E-state index contributed by atoms with van der Waals surface area (Å²) in [7, 11) is 0. The van der Waals surface area contributed by atoms with Crippen molar-refractivity contribution in [3.8, 4) is 5.88 Å². The van der Waals surface area contributed by atoms with Crippen LogP contribution in [0.25, 0.3) is 0 Å². The van der Waals surface area contributed by atoms with E-state index < -0.39 is 17.7 Å². The van der Waals surface area contributed by atoms with Crippen LogP contribution < -0.4 is 10.1 Å². The molecule has 0 fully saturated rings. The maximum absolute atomic E-state index is 12.6. The summed E-state index contributed by atoms with van der Waals surface area (Å²) in [6.45, 7) is 11.6. The first-order valence-corrected chi connectivity index (χ1v) is 11.0. The monoisotopic (exact) mass is 465 g/mol. The number of rotatable bonds is 9. The molecule has 0 aliphatic rings. The molecule has 0 saturated heterocycles. The van der Waals surface area contributed by atoms with Crippen LogP contribution in [0.3, 0.4) is 0 Å². The van der Waals surface area contributed by atoms with Crippen molar-refractivity contribution in [2.24, 2.45) is 5.92 Å². The number of alkyl carbamates (subject to hydrolysis) is 1. The molecule has 1 heterocycles. The van der Waals surface area contributed by atoms with Gasteiger partial charge in [0.2, 0.25) is 0 Å². The van der Waals surface area contributed by atoms with Gasteiger partial charge in [0.05, 0.1) is 19.2 Å². The molecule has 2 rings (SSSR count). The summed E-state index contributed by atoms with van der Waals surface area (Å²) in [5.41, 5.74) is 0.380. The van der Waals surface area contributed by atoms with Gasteiger partial charge in [0, 0.05) is 0 Å². The van der Waals surface area contributed by atoms with Crippen molar-refractivity contribution in [1.82, 2.24) is 15.1 Å². The Kier molecular flexibility index (Phi) is 8.95. The van der Waals surface area contributed by atoms with Gasteiger partial charge in [-0.05, 0) is 39.2 Å². The van der Waals surface area contributed by atoms with Gasteiger partial charge in [-0.25, -0.2) is 9.59 Å². The normalized spacial score (nSPS) is 12.4. The number of ether oxygens (including phenoxy) is 3. The number of hydrogen-bond donors (Lipinski definition) is 1. The van der Waals surface area contributed by atoms with Crippen LogP contribution >= 0.6 is 11.6 Å². The molecular formula is C23H32ClN3O5. The summed E-state index contributed by atoms with van der Waals surface area (Å²) >= 11 is 6.46. The highest BCUT2D eigenvalue weighted by atomic mass is 35.5. The number of carbonyl (C=O) groups excluding carboxylic acids is 2. The Morgan fingerprint density at radius 2 is 1.84 bits per heavy atom. The molecule has 0 bridgehead atoms. The van der Waals surface area contributed by atoms with E-state index in [4.69, 9.17) is 25.8 Å². The smallest absolute Gasteiger partial charge is 0.407 e. The summed E-state index contributed by atoms with van der Waals surface area (Å²) < 4.78 is 17.7. The predicted octanol–water partition coefficient (Wildman–Crippen LogP) is 4.84. The molecule has 176 valence electrons. The van der Waals surface area contributed by atoms with Crippen molar-refractivity contribution in [2.45, 2.75) is 66.3 Å². The van der Waals surface area contributed by atoms with Crippen LogP contribution in [0.15, 0.2) is 30.3 Å². The van der Waals surface area contributed by atoms with Crippen molar-refractivity contribution in [2.75, 3.05) is 6.61 Å². The molecule has 2 aromatic rings. The first-order chi connectivity index (χ1) is 15.0. The van der Waals surface area contributed by atoms with Gasteiger partial charge in [-0.2, -0.15) is 0 Å². The molecule has 1 aromatic carbocycles. The Hall–Kier alpha value is -2.74. The summed E-state index contributed by atoms with van der Waals surface area (Å²) in [6, 6.07) is 9.16. The number of amides is 1. The highest BCUT2D eigenvalue weighted by Crippen LogP contribution is 2.29. The van der Waals surface area contributed by atoms with Crippen LogP contribution in [0.4, 0.5) is 4.79 Å². The van der Waals surface area contributed by atoms with Crippen LogP contribution in [0.5, 0.6) is 5.88 Å². The Labute approximate surface area is 194 Å². The number of esters is 1. The van der Waals surface area contributed by atoms with Gasteiger partial charge in [-0.3, -0.25) is 4.68 Å². The Balaban J connectivity index is 2.28. The standard InChI is InChI=1S/C23H32ClN3O5/c1-7-30-21(28)19-18(24)20(31-14-16-11-9-8-10-12-16)26-27(19)13-17(15(2)3)25-22(29)32-23(4,5)6/h8-12,15,17H,7,13-14H2,1-6H3,(H,25,29)/t17-/m0/s1.